The van der Waals surface area contributed by atoms with Crippen molar-refractivity contribution >= 4 is 33.5 Å². The molecule has 22 heavy (non-hydrogen) atoms. The zero-order valence-electron chi connectivity index (χ0n) is 12.9. The Labute approximate surface area is 138 Å². The molecule has 5 nitrogen and oxygen atoms in total. The number of nitrogens with one attached hydrogen (secondary N) is 1. The van der Waals surface area contributed by atoms with Gasteiger partial charge >= 0.3 is 0 Å². The Morgan fingerprint density at radius 2 is 1.86 bits per heavy atom. The molecule has 2 rings (SSSR count). The second kappa shape index (κ2) is 7.35. The first kappa shape index (κ1) is 16.4. The van der Waals surface area contributed by atoms with E-state index < -0.39 is 0 Å². The molecule has 0 atom stereocenters. The van der Waals surface area contributed by atoms with Crippen LogP contribution < -0.4 is 5.32 Å². The Balaban J connectivity index is 2.11. The van der Waals surface area contributed by atoms with E-state index in [1.807, 2.05) is 39.0 Å². The smallest absolute Gasteiger partial charge is 0.256 e. The fraction of sp³-hybridized carbons (Fsp3) is 0.312. The van der Waals surface area contributed by atoms with Gasteiger partial charge in [0, 0.05) is 35.6 Å². The van der Waals surface area contributed by atoms with E-state index >= 15 is 0 Å². The van der Waals surface area contributed by atoms with Gasteiger partial charge in [-0.1, -0.05) is 22.0 Å². The Morgan fingerprint density at radius 1 is 1.23 bits per heavy atom. The topological polar surface area (TPSA) is 58.1 Å². The van der Waals surface area contributed by atoms with Crippen molar-refractivity contribution in [3.63, 3.8) is 0 Å². The molecule has 0 spiro atoms. The average Bonchev–Trinajstić information content (AvgIpc) is 2.53. The van der Waals surface area contributed by atoms with Crippen molar-refractivity contribution in [1.82, 2.24) is 14.9 Å². The minimum absolute atomic E-state index is 0.0466. The molecule has 0 aliphatic rings. The number of hydrogen-bond donors (Lipinski definition) is 1. The quantitative estimate of drug-likeness (QED) is 0.879. The number of aryl methyl sites for hydroxylation is 1. The van der Waals surface area contributed by atoms with Gasteiger partial charge in [0.2, 0.25) is 5.95 Å². The number of aromatic nitrogens is 2. The molecular formula is C16H19BrN4O. The summed E-state index contributed by atoms with van der Waals surface area (Å²) in [6, 6.07) is 5.93. The highest BCUT2D eigenvalue weighted by atomic mass is 79.9. The molecule has 2 aromatic rings. The van der Waals surface area contributed by atoms with Crippen LogP contribution in [-0.2, 0) is 0 Å². The first-order valence-electron chi connectivity index (χ1n) is 7.19. The highest BCUT2D eigenvalue weighted by molar-refractivity contribution is 9.10. The number of carbonyl (C=O) groups is 1. The monoisotopic (exact) mass is 362 g/mol. The van der Waals surface area contributed by atoms with Gasteiger partial charge in [0.25, 0.3) is 5.91 Å². The van der Waals surface area contributed by atoms with Crippen LogP contribution in [-0.4, -0.2) is 33.9 Å². The summed E-state index contributed by atoms with van der Waals surface area (Å²) in [5, 5.41) is 3.12. The number of benzene rings is 1. The standard InChI is InChI=1S/C16H19BrN4O/c1-4-21(5-2)15(22)12-9-18-16(19-10-12)20-13-7-6-11(3)14(17)8-13/h6-10H,4-5H2,1-3H3,(H,18,19,20). The largest absolute Gasteiger partial charge is 0.339 e. The number of halogens is 1. The van der Waals surface area contributed by atoms with Crippen LogP contribution in [0.5, 0.6) is 0 Å². The number of hydrogen-bond acceptors (Lipinski definition) is 4. The molecule has 0 saturated carbocycles. The highest BCUT2D eigenvalue weighted by Gasteiger charge is 2.13. The van der Waals surface area contributed by atoms with Crippen molar-refractivity contribution in [2.24, 2.45) is 0 Å². The SMILES string of the molecule is CCN(CC)C(=O)c1cnc(Nc2ccc(C)c(Br)c2)nc1. The molecule has 0 aliphatic carbocycles. The van der Waals surface area contributed by atoms with E-state index in [9.17, 15) is 4.79 Å². The Bertz CT molecular complexity index is 654. The van der Waals surface area contributed by atoms with Crippen molar-refractivity contribution < 1.29 is 4.79 Å². The van der Waals surface area contributed by atoms with Gasteiger partial charge in [0.1, 0.15) is 0 Å². The van der Waals surface area contributed by atoms with Gasteiger partial charge < -0.3 is 10.2 Å². The molecule has 116 valence electrons. The lowest BCUT2D eigenvalue weighted by Crippen LogP contribution is -2.30. The second-order valence-electron chi connectivity index (χ2n) is 4.86. The van der Waals surface area contributed by atoms with E-state index in [4.69, 9.17) is 0 Å². The number of amides is 1. The lowest BCUT2D eigenvalue weighted by atomic mass is 10.2. The Kier molecular flexibility index (Phi) is 5.49. The van der Waals surface area contributed by atoms with Gasteiger partial charge in [-0.05, 0) is 38.5 Å². The van der Waals surface area contributed by atoms with E-state index in [0.717, 1.165) is 15.7 Å². The third-order valence-electron chi connectivity index (χ3n) is 3.38. The Hall–Kier alpha value is -1.95. The molecule has 1 heterocycles. The maximum Gasteiger partial charge on any atom is 0.256 e. The van der Waals surface area contributed by atoms with Crippen molar-refractivity contribution in [1.29, 1.82) is 0 Å². The minimum Gasteiger partial charge on any atom is -0.339 e. The molecule has 6 heteroatoms. The fourth-order valence-corrected chi connectivity index (χ4v) is 2.37. The highest BCUT2D eigenvalue weighted by Crippen LogP contribution is 2.22. The van der Waals surface area contributed by atoms with E-state index in [1.165, 1.54) is 0 Å². The van der Waals surface area contributed by atoms with Crippen molar-refractivity contribution in [3.05, 3.63) is 46.2 Å². The van der Waals surface area contributed by atoms with Crippen LogP contribution in [0.25, 0.3) is 0 Å². The van der Waals surface area contributed by atoms with Crippen molar-refractivity contribution in [2.45, 2.75) is 20.8 Å². The predicted molar refractivity (Wildman–Crippen MR) is 91.4 cm³/mol. The van der Waals surface area contributed by atoms with Gasteiger partial charge in [0.05, 0.1) is 5.56 Å². The summed E-state index contributed by atoms with van der Waals surface area (Å²) < 4.78 is 1.02. The zero-order chi connectivity index (χ0) is 16.1. The van der Waals surface area contributed by atoms with E-state index in [-0.39, 0.29) is 5.91 Å². The van der Waals surface area contributed by atoms with E-state index in [1.54, 1.807) is 17.3 Å². The maximum absolute atomic E-state index is 12.2. The van der Waals surface area contributed by atoms with E-state index in [2.05, 4.69) is 31.2 Å². The maximum atomic E-state index is 12.2. The van der Waals surface area contributed by atoms with Crippen LogP contribution in [0.3, 0.4) is 0 Å². The normalized spacial score (nSPS) is 10.4. The number of carbonyl (C=O) groups excluding carboxylic acids is 1. The summed E-state index contributed by atoms with van der Waals surface area (Å²) >= 11 is 3.49. The third-order valence-corrected chi connectivity index (χ3v) is 4.23. The molecule has 0 bridgehead atoms. The van der Waals surface area contributed by atoms with Crippen LogP contribution in [0.15, 0.2) is 35.1 Å². The van der Waals surface area contributed by atoms with E-state index in [0.29, 0.717) is 24.6 Å². The van der Waals surface area contributed by atoms with Crippen LogP contribution in [0.1, 0.15) is 29.8 Å². The molecule has 1 aromatic carbocycles. The third kappa shape index (κ3) is 3.82. The molecule has 1 N–H and O–H groups in total. The summed E-state index contributed by atoms with van der Waals surface area (Å²) in [6.45, 7) is 7.28. The van der Waals surface area contributed by atoms with Crippen molar-refractivity contribution in [2.75, 3.05) is 18.4 Å². The first-order chi connectivity index (χ1) is 10.5. The first-order valence-corrected chi connectivity index (χ1v) is 7.99. The van der Waals surface area contributed by atoms with Gasteiger partial charge in [-0.25, -0.2) is 9.97 Å². The summed E-state index contributed by atoms with van der Waals surface area (Å²) in [5.74, 6) is 0.418. The lowest BCUT2D eigenvalue weighted by molar-refractivity contribution is 0.0772. The lowest BCUT2D eigenvalue weighted by Gasteiger charge is -2.18. The van der Waals surface area contributed by atoms with Crippen LogP contribution >= 0.6 is 15.9 Å². The zero-order valence-corrected chi connectivity index (χ0v) is 14.5. The summed E-state index contributed by atoms with van der Waals surface area (Å²) in [7, 11) is 0. The average molecular weight is 363 g/mol. The van der Waals surface area contributed by atoms with Gasteiger partial charge in [-0.2, -0.15) is 0 Å². The molecule has 0 aliphatic heterocycles. The second-order valence-corrected chi connectivity index (χ2v) is 5.72. The summed E-state index contributed by atoms with van der Waals surface area (Å²) in [4.78, 5) is 22.3. The molecule has 1 amide bonds. The molecular weight excluding hydrogens is 344 g/mol. The molecule has 0 fully saturated rings. The predicted octanol–water partition coefficient (Wildman–Crippen LogP) is 3.77. The summed E-state index contributed by atoms with van der Waals surface area (Å²) in [5.41, 5.74) is 2.55. The number of rotatable bonds is 5. The fourth-order valence-electron chi connectivity index (χ4n) is 2.00. The molecule has 0 unspecified atom stereocenters. The molecule has 0 saturated heterocycles. The van der Waals surface area contributed by atoms with Crippen LogP contribution in [0, 0.1) is 6.92 Å². The van der Waals surface area contributed by atoms with Crippen LogP contribution in [0.4, 0.5) is 11.6 Å². The molecule has 1 aromatic heterocycles. The Morgan fingerprint density at radius 3 is 2.41 bits per heavy atom. The van der Waals surface area contributed by atoms with Gasteiger partial charge in [0.15, 0.2) is 0 Å². The van der Waals surface area contributed by atoms with Gasteiger partial charge in [-0.3, -0.25) is 4.79 Å². The minimum atomic E-state index is -0.0466. The van der Waals surface area contributed by atoms with Gasteiger partial charge in [-0.15, -0.1) is 0 Å². The van der Waals surface area contributed by atoms with Crippen LogP contribution in [0.2, 0.25) is 0 Å². The van der Waals surface area contributed by atoms with Crippen molar-refractivity contribution in [3.8, 4) is 0 Å². The molecule has 0 radical (unpaired) electrons. The summed E-state index contributed by atoms with van der Waals surface area (Å²) in [6.07, 6.45) is 3.11. The number of anilines is 2. The number of nitrogens with zero attached hydrogens (tertiary/aromatic N) is 3.